The van der Waals surface area contributed by atoms with E-state index < -0.39 is 0 Å². The number of amides is 1. The van der Waals surface area contributed by atoms with Gasteiger partial charge in [0.2, 0.25) is 5.91 Å². The van der Waals surface area contributed by atoms with Crippen LogP contribution in [0, 0.1) is 0 Å². The van der Waals surface area contributed by atoms with Crippen LogP contribution >= 0.6 is 0 Å². The van der Waals surface area contributed by atoms with Crippen LogP contribution in [0.4, 0.5) is 5.69 Å². The molecule has 4 nitrogen and oxygen atoms in total. The summed E-state index contributed by atoms with van der Waals surface area (Å²) in [5.74, 6) is 0.0398. The van der Waals surface area contributed by atoms with Gasteiger partial charge >= 0.3 is 0 Å². The van der Waals surface area contributed by atoms with Crippen molar-refractivity contribution in [3.63, 3.8) is 0 Å². The number of carbonyl (C=O) groups is 1. The molecule has 0 aliphatic carbocycles. The second-order valence-corrected chi connectivity index (χ2v) is 4.90. The number of fused-ring (bicyclic) bond motifs is 1. The Morgan fingerprint density at radius 2 is 2.18 bits per heavy atom. The molecule has 1 aromatic carbocycles. The van der Waals surface area contributed by atoms with E-state index in [2.05, 4.69) is 23.3 Å². The van der Waals surface area contributed by atoms with Crippen LogP contribution in [0.1, 0.15) is 11.1 Å². The summed E-state index contributed by atoms with van der Waals surface area (Å²) in [6.07, 6.45) is 0. The highest BCUT2D eigenvalue weighted by atomic mass is 16.2. The standard InChI is InChI=1S/C13H19N3O/c1-15(2)9-13(17)14-12-6-4-5-10-7-16(3)8-11(10)12/h4-6H,7-9H2,1-3H3,(H,14,17). The van der Waals surface area contributed by atoms with Crippen LogP contribution in [-0.2, 0) is 17.9 Å². The van der Waals surface area contributed by atoms with Crippen molar-refractivity contribution >= 4 is 11.6 Å². The minimum Gasteiger partial charge on any atom is -0.325 e. The van der Waals surface area contributed by atoms with Crippen LogP contribution in [0.5, 0.6) is 0 Å². The second kappa shape index (κ2) is 4.85. The first-order chi connectivity index (χ1) is 8.06. The average molecular weight is 233 g/mol. The van der Waals surface area contributed by atoms with E-state index in [1.807, 2.05) is 31.1 Å². The first-order valence-electron chi connectivity index (χ1n) is 5.80. The molecular formula is C13H19N3O. The number of carbonyl (C=O) groups excluding carboxylic acids is 1. The van der Waals surface area contributed by atoms with Crippen LogP contribution < -0.4 is 5.32 Å². The molecule has 1 aliphatic heterocycles. The number of benzene rings is 1. The molecule has 0 saturated heterocycles. The lowest BCUT2D eigenvalue weighted by molar-refractivity contribution is -0.116. The minimum absolute atomic E-state index is 0.0398. The topological polar surface area (TPSA) is 35.6 Å². The molecule has 0 radical (unpaired) electrons. The van der Waals surface area contributed by atoms with E-state index in [4.69, 9.17) is 0 Å². The van der Waals surface area contributed by atoms with Crippen molar-refractivity contribution in [3.05, 3.63) is 29.3 Å². The number of anilines is 1. The Morgan fingerprint density at radius 3 is 2.88 bits per heavy atom. The quantitative estimate of drug-likeness (QED) is 0.850. The molecule has 0 atom stereocenters. The van der Waals surface area contributed by atoms with E-state index in [0.717, 1.165) is 18.8 Å². The predicted octanol–water partition coefficient (Wildman–Crippen LogP) is 1.13. The van der Waals surface area contributed by atoms with Crippen LogP contribution in [-0.4, -0.2) is 43.4 Å². The molecule has 4 heteroatoms. The Bertz CT molecular complexity index is 429. The maximum absolute atomic E-state index is 11.7. The fraction of sp³-hybridized carbons (Fsp3) is 0.462. The van der Waals surface area contributed by atoms with Gasteiger partial charge in [0.05, 0.1) is 6.54 Å². The molecule has 0 unspecified atom stereocenters. The Morgan fingerprint density at radius 1 is 1.41 bits per heavy atom. The third-order valence-electron chi connectivity index (χ3n) is 2.88. The molecule has 1 amide bonds. The third kappa shape index (κ3) is 2.84. The summed E-state index contributed by atoms with van der Waals surface area (Å²) in [5.41, 5.74) is 3.52. The Kier molecular flexibility index (Phi) is 3.45. The molecule has 0 aromatic heterocycles. The van der Waals surface area contributed by atoms with Crippen LogP contribution in [0.3, 0.4) is 0 Å². The predicted molar refractivity (Wildman–Crippen MR) is 68.8 cm³/mol. The smallest absolute Gasteiger partial charge is 0.238 e. The number of hydrogen-bond acceptors (Lipinski definition) is 3. The van der Waals surface area contributed by atoms with Crippen molar-refractivity contribution in [2.75, 3.05) is 33.0 Å². The lowest BCUT2D eigenvalue weighted by Gasteiger charge is -2.12. The SMILES string of the molecule is CN(C)CC(=O)Nc1cccc2c1CN(C)C2. The van der Waals surface area contributed by atoms with Crippen molar-refractivity contribution in [2.45, 2.75) is 13.1 Å². The summed E-state index contributed by atoms with van der Waals surface area (Å²) in [5, 5.41) is 2.99. The second-order valence-electron chi connectivity index (χ2n) is 4.90. The van der Waals surface area contributed by atoms with E-state index >= 15 is 0 Å². The molecule has 0 spiro atoms. The first-order valence-corrected chi connectivity index (χ1v) is 5.80. The van der Waals surface area contributed by atoms with Gasteiger partial charge in [-0.2, -0.15) is 0 Å². The molecule has 0 fully saturated rings. The zero-order chi connectivity index (χ0) is 12.4. The van der Waals surface area contributed by atoms with Gasteiger partial charge in [0.1, 0.15) is 0 Å². The van der Waals surface area contributed by atoms with Gasteiger partial charge in [-0.25, -0.2) is 0 Å². The van der Waals surface area contributed by atoms with Gasteiger partial charge in [0.15, 0.2) is 0 Å². The van der Waals surface area contributed by atoms with Crippen LogP contribution in [0.15, 0.2) is 18.2 Å². The van der Waals surface area contributed by atoms with Crippen molar-refractivity contribution in [3.8, 4) is 0 Å². The fourth-order valence-electron chi connectivity index (χ4n) is 2.18. The van der Waals surface area contributed by atoms with Gasteiger partial charge in [0.25, 0.3) is 0 Å². The normalized spacial score (nSPS) is 15.1. The zero-order valence-corrected chi connectivity index (χ0v) is 10.7. The van der Waals surface area contributed by atoms with Gasteiger partial charge in [-0.3, -0.25) is 9.69 Å². The summed E-state index contributed by atoms with van der Waals surface area (Å²) in [6, 6.07) is 6.11. The molecule has 92 valence electrons. The Labute approximate surface area is 102 Å². The summed E-state index contributed by atoms with van der Waals surface area (Å²) >= 11 is 0. The molecule has 2 rings (SSSR count). The van der Waals surface area contributed by atoms with Crippen molar-refractivity contribution < 1.29 is 4.79 Å². The number of likely N-dealkylation sites (N-methyl/N-ethyl adjacent to an activating group) is 1. The molecule has 0 bridgehead atoms. The highest BCUT2D eigenvalue weighted by molar-refractivity contribution is 5.93. The minimum atomic E-state index is 0.0398. The van der Waals surface area contributed by atoms with Gasteiger partial charge < -0.3 is 10.2 Å². The largest absolute Gasteiger partial charge is 0.325 e. The molecule has 1 aromatic rings. The molecule has 0 saturated carbocycles. The molecule has 1 aliphatic rings. The highest BCUT2D eigenvalue weighted by Gasteiger charge is 2.19. The summed E-state index contributed by atoms with van der Waals surface area (Å²) < 4.78 is 0. The van der Waals surface area contributed by atoms with E-state index in [9.17, 15) is 4.79 Å². The van der Waals surface area contributed by atoms with Gasteiger partial charge in [-0.1, -0.05) is 12.1 Å². The highest BCUT2D eigenvalue weighted by Crippen LogP contribution is 2.28. The average Bonchev–Trinajstić information content (AvgIpc) is 2.58. The van der Waals surface area contributed by atoms with Crippen molar-refractivity contribution in [1.82, 2.24) is 9.80 Å². The number of rotatable bonds is 3. The number of nitrogens with zero attached hydrogens (tertiary/aromatic N) is 2. The van der Waals surface area contributed by atoms with Crippen LogP contribution in [0.25, 0.3) is 0 Å². The van der Waals surface area contributed by atoms with E-state index in [1.54, 1.807) is 0 Å². The number of hydrogen-bond donors (Lipinski definition) is 1. The van der Waals surface area contributed by atoms with E-state index in [0.29, 0.717) is 6.54 Å². The van der Waals surface area contributed by atoms with E-state index in [-0.39, 0.29) is 5.91 Å². The summed E-state index contributed by atoms with van der Waals surface area (Å²) in [6.45, 7) is 2.29. The monoisotopic (exact) mass is 233 g/mol. The van der Waals surface area contributed by atoms with Crippen molar-refractivity contribution in [2.24, 2.45) is 0 Å². The van der Waals surface area contributed by atoms with Crippen LogP contribution in [0.2, 0.25) is 0 Å². The van der Waals surface area contributed by atoms with Crippen molar-refractivity contribution in [1.29, 1.82) is 0 Å². The molecule has 1 heterocycles. The zero-order valence-electron chi connectivity index (χ0n) is 10.7. The maximum Gasteiger partial charge on any atom is 0.238 e. The Hall–Kier alpha value is -1.39. The van der Waals surface area contributed by atoms with Gasteiger partial charge in [0, 0.05) is 18.8 Å². The summed E-state index contributed by atoms with van der Waals surface area (Å²) in [7, 11) is 5.87. The summed E-state index contributed by atoms with van der Waals surface area (Å²) in [4.78, 5) is 15.8. The van der Waals surface area contributed by atoms with Gasteiger partial charge in [-0.15, -0.1) is 0 Å². The Balaban J connectivity index is 2.13. The maximum atomic E-state index is 11.7. The molecule has 17 heavy (non-hydrogen) atoms. The molecule has 1 N–H and O–H groups in total. The molecular weight excluding hydrogens is 214 g/mol. The fourth-order valence-corrected chi connectivity index (χ4v) is 2.18. The lowest BCUT2D eigenvalue weighted by atomic mass is 10.1. The van der Waals surface area contributed by atoms with E-state index in [1.165, 1.54) is 11.1 Å². The third-order valence-corrected chi connectivity index (χ3v) is 2.88. The lowest BCUT2D eigenvalue weighted by Crippen LogP contribution is -2.27. The first kappa shape index (κ1) is 12.1. The van der Waals surface area contributed by atoms with Gasteiger partial charge in [-0.05, 0) is 38.3 Å². The number of nitrogens with one attached hydrogen (secondary N) is 1.